The fourth-order valence-electron chi connectivity index (χ4n) is 2.82. The number of oxime groups is 1. The number of rotatable bonds is 5. The van der Waals surface area contributed by atoms with Crippen LogP contribution in [0.25, 0.3) is 11.4 Å². The summed E-state index contributed by atoms with van der Waals surface area (Å²) in [5.74, 6) is -1.63. The Morgan fingerprint density at radius 1 is 1.32 bits per heavy atom. The van der Waals surface area contributed by atoms with E-state index >= 15 is 0 Å². The summed E-state index contributed by atoms with van der Waals surface area (Å²) in [6, 6.07) is 6.54. The highest BCUT2D eigenvalue weighted by atomic mass is 19.4. The van der Waals surface area contributed by atoms with Gasteiger partial charge in [-0.05, 0) is 18.6 Å². The van der Waals surface area contributed by atoms with E-state index in [4.69, 9.17) is 4.84 Å². The van der Waals surface area contributed by atoms with E-state index in [-0.39, 0.29) is 18.2 Å². The molecule has 0 spiro atoms. The number of carbonyl (C=O) groups excluding carboxylic acids is 1. The number of alkyl halides is 3. The molecule has 1 aromatic carbocycles. The average Bonchev–Trinajstić information content (AvgIpc) is 3.18. The topological polar surface area (TPSA) is 80.8 Å². The maximum atomic E-state index is 12.6. The molecule has 1 saturated heterocycles. The summed E-state index contributed by atoms with van der Waals surface area (Å²) in [6.45, 7) is 3.48. The monoisotopic (exact) mass is 396 g/mol. The number of likely N-dealkylation sites (tertiary alicyclic amines) is 1. The van der Waals surface area contributed by atoms with Gasteiger partial charge >= 0.3 is 12.1 Å². The second kappa shape index (κ2) is 8.41. The zero-order valence-electron chi connectivity index (χ0n) is 15.2. The van der Waals surface area contributed by atoms with Gasteiger partial charge in [-0.2, -0.15) is 18.2 Å². The lowest BCUT2D eigenvalue weighted by Crippen LogP contribution is -2.39. The van der Waals surface area contributed by atoms with Crippen LogP contribution in [0.15, 0.2) is 33.9 Å². The third-order valence-corrected chi connectivity index (χ3v) is 4.23. The van der Waals surface area contributed by atoms with Gasteiger partial charge in [-0.25, -0.2) is 0 Å². The number of carbonyl (C=O) groups is 1. The lowest BCUT2D eigenvalue weighted by Gasteiger charge is -2.27. The summed E-state index contributed by atoms with van der Waals surface area (Å²) >= 11 is 0. The molecule has 10 heteroatoms. The van der Waals surface area contributed by atoms with Gasteiger partial charge in [0.2, 0.25) is 11.7 Å². The smallest absolute Gasteiger partial charge is 0.396 e. The zero-order valence-corrected chi connectivity index (χ0v) is 15.2. The summed E-state index contributed by atoms with van der Waals surface area (Å²) in [5, 5.41) is 7.39. The quantitative estimate of drug-likeness (QED) is 0.725. The molecule has 0 unspecified atom stereocenters. The van der Waals surface area contributed by atoms with E-state index in [1.165, 1.54) is 0 Å². The van der Waals surface area contributed by atoms with Gasteiger partial charge in [0.15, 0.2) is 0 Å². The molecular weight excluding hydrogens is 377 g/mol. The van der Waals surface area contributed by atoms with Gasteiger partial charge in [0.1, 0.15) is 6.61 Å². The Morgan fingerprint density at radius 2 is 2.07 bits per heavy atom. The van der Waals surface area contributed by atoms with Crippen LogP contribution in [0.3, 0.4) is 0 Å². The van der Waals surface area contributed by atoms with E-state index in [2.05, 4.69) is 19.8 Å². The summed E-state index contributed by atoms with van der Waals surface area (Å²) in [4.78, 5) is 22.7. The maximum absolute atomic E-state index is 12.6. The van der Waals surface area contributed by atoms with E-state index in [9.17, 15) is 18.0 Å². The molecule has 0 saturated carbocycles. The summed E-state index contributed by atoms with van der Waals surface area (Å²) in [7, 11) is 0. The molecule has 3 rings (SSSR count). The van der Waals surface area contributed by atoms with Crippen LogP contribution < -0.4 is 0 Å². The van der Waals surface area contributed by atoms with Crippen molar-refractivity contribution < 1.29 is 27.3 Å². The van der Waals surface area contributed by atoms with E-state index in [0.717, 1.165) is 5.71 Å². The van der Waals surface area contributed by atoms with Crippen LogP contribution in [0, 0.1) is 0 Å². The summed E-state index contributed by atoms with van der Waals surface area (Å²) in [6.07, 6.45) is -3.24. The third kappa shape index (κ3) is 4.87. The van der Waals surface area contributed by atoms with Gasteiger partial charge in [-0.1, -0.05) is 28.5 Å². The fraction of sp³-hybridized carbons (Fsp3) is 0.444. The van der Waals surface area contributed by atoms with Crippen molar-refractivity contribution in [2.24, 2.45) is 5.16 Å². The Labute approximate surface area is 159 Å². The second-order valence-electron chi connectivity index (χ2n) is 6.25. The number of nitrogens with zero attached hydrogens (tertiary/aromatic N) is 4. The Balaban J connectivity index is 1.63. The van der Waals surface area contributed by atoms with Crippen molar-refractivity contribution in [1.82, 2.24) is 15.0 Å². The number of halogens is 3. The molecule has 2 aromatic rings. The standard InChI is InChI=1S/C18H19F3N4O3/c1-2-27-23-14-6-8-25(9-7-14)15(26)11-12-4-3-5-13(10-12)16-22-17(28-24-16)18(19,20)21/h3-5,10H,2,6-9,11H2,1H3. The van der Waals surface area contributed by atoms with Crippen molar-refractivity contribution in [2.45, 2.75) is 32.4 Å². The number of aromatic nitrogens is 2. The highest BCUT2D eigenvalue weighted by Crippen LogP contribution is 2.29. The SMILES string of the molecule is CCON=C1CCN(C(=O)Cc2cccc(-c3noc(C(F)(F)F)n3)c2)CC1. The molecule has 7 nitrogen and oxygen atoms in total. The van der Waals surface area contributed by atoms with Crippen LogP contribution >= 0.6 is 0 Å². The van der Waals surface area contributed by atoms with Gasteiger partial charge in [-0.15, -0.1) is 0 Å². The Bertz CT molecular complexity index is 854. The van der Waals surface area contributed by atoms with E-state index in [1.54, 1.807) is 29.2 Å². The molecule has 0 N–H and O–H groups in total. The van der Waals surface area contributed by atoms with Gasteiger partial charge in [-0.3, -0.25) is 4.79 Å². The molecule has 1 amide bonds. The minimum atomic E-state index is -4.70. The highest BCUT2D eigenvalue weighted by Gasteiger charge is 2.38. The minimum Gasteiger partial charge on any atom is -0.396 e. The largest absolute Gasteiger partial charge is 0.471 e. The first-order chi connectivity index (χ1) is 13.4. The predicted molar refractivity (Wildman–Crippen MR) is 93.3 cm³/mol. The molecule has 1 aromatic heterocycles. The van der Waals surface area contributed by atoms with E-state index in [0.29, 0.717) is 43.7 Å². The maximum Gasteiger partial charge on any atom is 0.471 e. The molecule has 0 aliphatic carbocycles. The normalized spacial score (nSPS) is 14.9. The minimum absolute atomic E-state index is 0.0586. The van der Waals surface area contributed by atoms with Crippen LogP contribution in [0.1, 0.15) is 31.2 Å². The van der Waals surface area contributed by atoms with Crippen molar-refractivity contribution in [3.05, 3.63) is 35.7 Å². The second-order valence-corrected chi connectivity index (χ2v) is 6.25. The van der Waals surface area contributed by atoms with Crippen LogP contribution in [-0.2, 0) is 22.2 Å². The van der Waals surface area contributed by atoms with Gasteiger partial charge < -0.3 is 14.3 Å². The molecule has 2 heterocycles. The molecule has 0 radical (unpaired) electrons. The zero-order chi connectivity index (χ0) is 20.1. The van der Waals surface area contributed by atoms with Crippen molar-refractivity contribution >= 4 is 11.6 Å². The molecular formula is C18H19F3N4O3. The van der Waals surface area contributed by atoms with Crippen LogP contribution in [0.5, 0.6) is 0 Å². The molecule has 1 aliphatic heterocycles. The lowest BCUT2D eigenvalue weighted by atomic mass is 10.0. The van der Waals surface area contributed by atoms with E-state index < -0.39 is 12.1 Å². The Kier molecular flexibility index (Phi) is 5.96. The fourth-order valence-corrected chi connectivity index (χ4v) is 2.82. The van der Waals surface area contributed by atoms with Gasteiger partial charge in [0.25, 0.3) is 0 Å². The number of hydrogen-bond donors (Lipinski definition) is 0. The Hall–Kier alpha value is -2.91. The molecule has 0 atom stereocenters. The first-order valence-corrected chi connectivity index (χ1v) is 8.82. The van der Waals surface area contributed by atoms with Crippen LogP contribution in [-0.4, -0.2) is 46.4 Å². The van der Waals surface area contributed by atoms with Crippen LogP contribution in [0.2, 0.25) is 0 Å². The molecule has 28 heavy (non-hydrogen) atoms. The third-order valence-electron chi connectivity index (χ3n) is 4.23. The van der Waals surface area contributed by atoms with Crippen molar-refractivity contribution in [2.75, 3.05) is 19.7 Å². The number of hydrogen-bond acceptors (Lipinski definition) is 6. The first kappa shape index (κ1) is 19.8. The number of benzene rings is 1. The van der Waals surface area contributed by atoms with Gasteiger partial charge in [0.05, 0.1) is 12.1 Å². The molecule has 0 bridgehead atoms. The summed E-state index contributed by atoms with van der Waals surface area (Å²) in [5.41, 5.74) is 1.95. The summed E-state index contributed by atoms with van der Waals surface area (Å²) < 4.78 is 42.1. The Morgan fingerprint density at radius 3 is 2.71 bits per heavy atom. The van der Waals surface area contributed by atoms with Crippen LogP contribution in [0.4, 0.5) is 13.2 Å². The highest BCUT2D eigenvalue weighted by molar-refractivity contribution is 5.87. The average molecular weight is 396 g/mol. The molecule has 1 fully saturated rings. The molecule has 1 aliphatic rings. The molecule has 150 valence electrons. The first-order valence-electron chi connectivity index (χ1n) is 8.82. The predicted octanol–water partition coefficient (Wildman–Crippen LogP) is 3.31. The number of amides is 1. The number of piperidine rings is 1. The van der Waals surface area contributed by atoms with E-state index in [1.807, 2.05) is 6.92 Å². The van der Waals surface area contributed by atoms with Crippen molar-refractivity contribution in [3.8, 4) is 11.4 Å². The van der Waals surface area contributed by atoms with Gasteiger partial charge in [0, 0.05) is 31.5 Å². The van der Waals surface area contributed by atoms with Crippen molar-refractivity contribution in [3.63, 3.8) is 0 Å². The lowest BCUT2D eigenvalue weighted by molar-refractivity contribution is -0.159. The van der Waals surface area contributed by atoms with Crippen molar-refractivity contribution in [1.29, 1.82) is 0 Å².